The highest BCUT2D eigenvalue weighted by molar-refractivity contribution is 5.66. The van der Waals surface area contributed by atoms with E-state index in [1.165, 1.54) is 13.8 Å². The minimum absolute atomic E-state index is 0.177. The molecule has 22 heavy (non-hydrogen) atoms. The number of carbonyl (C=O) groups is 2. The molecular formula is C15H22O7. The first-order valence-electron chi connectivity index (χ1n) is 7.23. The lowest BCUT2D eigenvalue weighted by Gasteiger charge is -2.32. The minimum Gasteiger partial charge on any atom is -0.461 e. The molecule has 7 heteroatoms. The summed E-state index contributed by atoms with van der Waals surface area (Å²) in [6.07, 6.45) is -0.455. The number of epoxide rings is 1. The van der Waals surface area contributed by atoms with Gasteiger partial charge in [-0.25, -0.2) is 0 Å². The van der Waals surface area contributed by atoms with E-state index in [1.54, 1.807) is 7.11 Å². The Morgan fingerprint density at radius 3 is 2.45 bits per heavy atom. The summed E-state index contributed by atoms with van der Waals surface area (Å²) < 4.78 is 26.7. The monoisotopic (exact) mass is 314 g/mol. The molecule has 7 nitrogen and oxygen atoms in total. The van der Waals surface area contributed by atoms with Gasteiger partial charge in [-0.2, -0.15) is 0 Å². The molecule has 0 amide bonds. The first-order chi connectivity index (χ1) is 10.4. The highest BCUT2D eigenvalue weighted by Gasteiger charge is 2.59. The minimum atomic E-state index is -0.455. The Bertz CT molecular complexity index is 447. The fourth-order valence-corrected chi connectivity index (χ4v) is 2.54. The number of methoxy groups -OCH3 is 1. The Labute approximate surface area is 129 Å². The molecule has 2 heterocycles. The van der Waals surface area contributed by atoms with E-state index in [-0.39, 0.29) is 36.9 Å². The summed E-state index contributed by atoms with van der Waals surface area (Å²) in [6.45, 7) is 6.75. The molecule has 2 aliphatic rings. The van der Waals surface area contributed by atoms with Gasteiger partial charge in [-0.3, -0.25) is 9.59 Å². The van der Waals surface area contributed by atoms with Crippen LogP contribution in [0.15, 0.2) is 12.2 Å². The molecule has 0 radical (unpaired) electrons. The zero-order valence-corrected chi connectivity index (χ0v) is 13.1. The van der Waals surface area contributed by atoms with Crippen molar-refractivity contribution in [3.05, 3.63) is 12.2 Å². The van der Waals surface area contributed by atoms with Crippen molar-refractivity contribution in [2.24, 2.45) is 0 Å². The fourth-order valence-electron chi connectivity index (χ4n) is 2.54. The molecule has 0 N–H and O–H groups in total. The normalized spacial score (nSPS) is 32.8. The quantitative estimate of drug-likeness (QED) is 0.393. The van der Waals surface area contributed by atoms with Gasteiger partial charge in [0.05, 0.1) is 0 Å². The molecule has 5 atom stereocenters. The van der Waals surface area contributed by atoms with E-state index < -0.39 is 12.4 Å². The van der Waals surface area contributed by atoms with Crippen LogP contribution < -0.4 is 0 Å². The standard InChI is InChI=1S/C15H22O7/c1-8(7-19-9(2)16)5-6-11-12(20-10(3)17)13-14(22-13)15(18-4)21-11/h11-15H,1,5-7H2,2-4H3/t11-,12-,13-,14-,15+/m1/s1. The lowest BCUT2D eigenvalue weighted by Crippen LogP contribution is -2.47. The molecule has 0 aromatic carbocycles. The first kappa shape index (κ1) is 16.9. The van der Waals surface area contributed by atoms with Gasteiger partial charge in [0.2, 0.25) is 0 Å². The van der Waals surface area contributed by atoms with Crippen LogP contribution in [0.2, 0.25) is 0 Å². The molecule has 0 aromatic heterocycles. The number of ether oxygens (including phenoxy) is 5. The maximum Gasteiger partial charge on any atom is 0.303 e. The Kier molecular flexibility index (Phi) is 5.55. The zero-order chi connectivity index (χ0) is 16.3. The molecule has 0 unspecified atom stereocenters. The van der Waals surface area contributed by atoms with Gasteiger partial charge in [-0.1, -0.05) is 6.58 Å². The number of hydrogen-bond acceptors (Lipinski definition) is 7. The van der Waals surface area contributed by atoms with Crippen LogP contribution in [0.4, 0.5) is 0 Å². The number of fused-ring (bicyclic) bond motifs is 1. The second-order valence-electron chi connectivity index (χ2n) is 5.49. The summed E-state index contributed by atoms with van der Waals surface area (Å²) in [5, 5.41) is 0. The van der Waals surface area contributed by atoms with Crippen molar-refractivity contribution in [3.8, 4) is 0 Å². The second-order valence-corrected chi connectivity index (χ2v) is 5.49. The van der Waals surface area contributed by atoms with Crippen molar-refractivity contribution < 1.29 is 33.3 Å². The van der Waals surface area contributed by atoms with Gasteiger partial charge in [0.15, 0.2) is 12.4 Å². The van der Waals surface area contributed by atoms with Crippen molar-refractivity contribution in [1.82, 2.24) is 0 Å². The van der Waals surface area contributed by atoms with Crippen LogP contribution in [0, 0.1) is 0 Å². The van der Waals surface area contributed by atoms with Gasteiger partial charge < -0.3 is 23.7 Å². The third-order valence-corrected chi connectivity index (χ3v) is 3.63. The summed E-state index contributed by atoms with van der Waals surface area (Å²) in [5.74, 6) is -0.719. The smallest absolute Gasteiger partial charge is 0.303 e. The summed E-state index contributed by atoms with van der Waals surface area (Å²) >= 11 is 0. The lowest BCUT2D eigenvalue weighted by molar-refractivity contribution is -0.209. The van der Waals surface area contributed by atoms with Crippen LogP contribution >= 0.6 is 0 Å². The Balaban J connectivity index is 1.88. The van der Waals surface area contributed by atoms with Crippen LogP contribution in [-0.4, -0.2) is 56.4 Å². The maximum absolute atomic E-state index is 11.2. The van der Waals surface area contributed by atoms with Gasteiger partial charge in [0.25, 0.3) is 0 Å². The Hall–Kier alpha value is -1.44. The molecule has 0 saturated carbocycles. The largest absolute Gasteiger partial charge is 0.461 e. The third-order valence-electron chi connectivity index (χ3n) is 3.63. The molecule has 124 valence electrons. The van der Waals surface area contributed by atoms with Crippen LogP contribution in [0.25, 0.3) is 0 Å². The van der Waals surface area contributed by atoms with Crippen molar-refractivity contribution in [1.29, 1.82) is 0 Å². The van der Waals surface area contributed by atoms with Crippen molar-refractivity contribution in [3.63, 3.8) is 0 Å². The summed E-state index contributed by atoms with van der Waals surface area (Å²) in [6, 6.07) is 0. The highest BCUT2D eigenvalue weighted by Crippen LogP contribution is 2.40. The van der Waals surface area contributed by atoms with Crippen molar-refractivity contribution in [2.75, 3.05) is 13.7 Å². The molecular weight excluding hydrogens is 292 g/mol. The van der Waals surface area contributed by atoms with E-state index in [0.717, 1.165) is 5.57 Å². The summed E-state index contributed by atoms with van der Waals surface area (Å²) in [7, 11) is 1.55. The van der Waals surface area contributed by atoms with Gasteiger partial charge >= 0.3 is 11.9 Å². The van der Waals surface area contributed by atoms with E-state index in [4.69, 9.17) is 23.7 Å². The van der Waals surface area contributed by atoms with Crippen LogP contribution in [0.5, 0.6) is 0 Å². The Morgan fingerprint density at radius 2 is 1.86 bits per heavy atom. The number of hydrogen-bond donors (Lipinski definition) is 0. The molecule has 2 saturated heterocycles. The van der Waals surface area contributed by atoms with Crippen molar-refractivity contribution in [2.45, 2.75) is 57.4 Å². The average molecular weight is 314 g/mol. The third kappa shape index (κ3) is 4.28. The topological polar surface area (TPSA) is 83.6 Å². The molecule has 0 bridgehead atoms. The molecule has 2 rings (SSSR count). The van der Waals surface area contributed by atoms with E-state index in [2.05, 4.69) is 6.58 Å². The molecule has 0 aliphatic carbocycles. The maximum atomic E-state index is 11.2. The first-order valence-corrected chi connectivity index (χ1v) is 7.23. The number of carbonyl (C=O) groups excluding carboxylic acids is 2. The van der Waals surface area contributed by atoms with Crippen LogP contribution in [0.1, 0.15) is 26.7 Å². The number of esters is 2. The molecule has 2 aliphatic heterocycles. The fraction of sp³-hybridized carbons (Fsp3) is 0.733. The predicted octanol–water partition coefficient (Wildman–Crippen LogP) is 0.956. The predicted molar refractivity (Wildman–Crippen MR) is 74.9 cm³/mol. The zero-order valence-electron chi connectivity index (χ0n) is 13.1. The molecule has 0 spiro atoms. The lowest BCUT2D eigenvalue weighted by atomic mass is 9.98. The summed E-state index contributed by atoms with van der Waals surface area (Å²) in [5.41, 5.74) is 0.771. The SMILES string of the molecule is C=C(CC[C@H]1O[C@H](OC)[C@@H]2O[C@@H]2[C@@H]1OC(C)=O)COC(C)=O. The van der Waals surface area contributed by atoms with E-state index in [0.29, 0.717) is 12.8 Å². The van der Waals surface area contributed by atoms with Gasteiger partial charge in [-0.05, 0) is 18.4 Å². The van der Waals surface area contributed by atoms with Crippen LogP contribution in [0.3, 0.4) is 0 Å². The molecule has 0 aromatic rings. The van der Waals surface area contributed by atoms with E-state index in [9.17, 15) is 9.59 Å². The van der Waals surface area contributed by atoms with Gasteiger partial charge in [0, 0.05) is 21.0 Å². The molecule has 2 fully saturated rings. The van der Waals surface area contributed by atoms with Crippen molar-refractivity contribution >= 4 is 11.9 Å². The Morgan fingerprint density at radius 1 is 1.14 bits per heavy atom. The van der Waals surface area contributed by atoms with E-state index in [1.807, 2.05) is 0 Å². The second kappa shape index (κ2) is 7.21. The number of rotatable bonds is 7. The summed E-state index contributed by atoms with van der Waals surface area (Å²) in [4.78, 5) is 22.0. The highest BCUT2D eigenvalue weighted by atomic mass is 16.7. The van der Waals surface area contributed by atoms with E-state index >= 15 is 0 Å². The van der Waals surface area contributed by atoms with Crippen LogP contribution in [-0.2, 0) is 33.3 Å². The van der Waals surface area contributed by atoms with Gasteiger partial charge in [-0.15, -0.1) is 0 Å². The average Bonchev–Trinajstić information content (AvgIpc) is 3.24. The van der Waals surface area contributed by atoms with Gasteiger partial charge in [0.1, 0.15) is 24.9 Å².